The van der Waals surface area contributed by atoms with Crippen LogP contribution >= 0.6 is 0 Å². The fourth-order valence-electron chi connectivity index (χ4n) is 3.14. The first kappa shape index (κ1) is 16.3. The third-order valence-corrected chi connectivity index (χ3v) is 4.64. The summed E-state index contributed by atoms with van der Waals surface area (Å²) >= 11 is 0. The second-order valence-electron chi connectivity index (χ2n) is 6.15. The highest BCUT2D eigenvalue weighted by Gasteiger charge is 2.36. The largest absolute Gasteiger partial charge is 0.467 e. The van der Waals surface area contributed by atoms with E-state index >= 15 is 0 Å². The number of carbonyl (C=O) groups is 2. The maximum atomic E-state index is 12.6. The Morgan fingerprint density at radius 1 is 1.46 bits per heavy atom. The normalized spacial score (nSPS) is 17.5. The Labute approximate surface area is 140 Å². The van der Waals surface area contributed by atoms with Crippen LogP contribution in [0.1, 0.15) is 35.6 Å². The van der Waals surface area contributed by atoms with E-state index in [-0.39, 0.29) is 11.8 Å². The number of rotatable bonds is 5. The molecule has 0 unspecified atom stereocenters. The van der Waals surface area contributed by atoms with Gasteiger partial charge in [-0.15, -0.1) is 0 Å². The standard InChI is InChI=1S/C17H22N4O3/c1-11-14(12(2)20(3)19-11)9-18-17(23)15-6-7-16(22)21(15)10-13-5-4-8-24-13/h4-5,8,15H,6-7,9-10H2,1-3H3,(H,18,23)/t15-/m1/s1. The molecule has 1 saturated heterocycles. The van der Waals surface area contributed by atoms with Crippen LogP contribution in [0.4, 0.5) is 0 Å². The van der Waals surface area contributed by atoms with Crippen LogP contribution in [-0.2, 0) is 29.7 Å². The van der Waals surface area contributed by atoms with Crippen molar-refractivity contribution in [3.8, 4) is 0 Å². The Morgan fingerprint density at radius 3 is 2.88 bits per heavy atom. The van der Waals surface area contributed by atoms with Gasteiger partial charge in [-0.1, -0.05) is 0 Å². The molecule has 0 aromatic carbocycles. The maximum absolute atomic E-state index is 12.6. The molecule has 3 rings (SSSR count). The van der Waals surface area contributed by atoms with E-state index in [9.17, 15) is 9.59 Å². The SMILES string of the molecule is Cc1nn(C)c(C)c1CNC(=O)[C@H]1CCC(=O)N1Cc1ccco1. The molecule has 0 saturated carbocycles. The minimum atomic E-state index is -0.445. The van der Waals surface area contributed by atoms with Crippen LogP contribution in [-0.4, -0.2) is 32.5 Å². The number of carbonyl (C=O) groups excluding carboxylic acids is 2. The fraction of sp³-hybridized carbons (Fsp3) is 0.471. The average molecular weight is 330 g/mol. The summed E-state index contributed by atoms with van der Waals surface area (Å²) in [5, 5.41) is 7.30. The first-order chi connectivity index (χ1) is 11.5. The zero-order valence-corrected chi connectivity index (χ0v) is 14.2. The van der Waals surface area contributed by atoms with Crippen LogP contribution in [0.2, 0.25) is 0 Å². The quantitative estimate of drug-likeness (QED) is 0.899. The van der Waals surface area contributed by atoms with Gasteiger partial charge in [0.25, 0.3) is 0 Å². The van der Waals surface area contributed by atoms with Crippen molar-refractivity contribution in [2.45, 2.75) is 45.8 Å². The number of amides is 2. The molecule has 2 aromatic heterocycles. The molecule has 128 valence electrons. The van der Waals surface area contributed by atoms with E-state index in [4.69, 9.17) is 4.42 Å². The van der Waals surface area contributed by atoms with Crippen molar-refractivity contribution in [1.29, 1.82) is 0 Å². The zero-order valence-electron chi connectivity index (χ0n) is 14.2. The monoisotopic (exact) mass is 330 g/mol. The molecule has 7 heteroatoms. The van der Waals surface area contributed by atoms with E-state index in [1.165, 1.54) is 0 Å². The summed E-state index contributed by atoms with van der Waals surface area (Å²) in [6.07, 6.45) is 2.50. The maximum Gasteiger partial charge on any atom is 0.243 e. The Kier molecular flexibility index (Phi) is 4.42. The average Bonchev–Trinajstić information content (AvgIpc) is 3.23. The molecule has 0 aliphatic carbocycles. The van der Waals surface area contributed by atoms with Gasteiger partial charge < -0.3 is 14.6 Å². The molecule has 24 heavy (non-hydrogen) atoms. The molecule has 0 spiro atoms. The van der Waals surface area contributed by atoms with E-state index in [0.29, 0.717) is 31.7 Å². The topological polar surface area (TPSA) is 80.4 Å². The van der Waals surface area contributed by atoms with Gasteiger partial charge in [-0.25, -0.2) is 0 Å². The second-order valence-corrected chi connectivity index (χ2v) is 6.15. The lowest BCUT2D eigenvalue weighted by Crippen LogP contribution is -2.44. The number of nitrogens with zero attached hydrogens (tertiary/aromatic N) is 3. The van der Waals surface area contributed by atoms with Gasteiger partial charge in [0.1, 0.15) is 11.8 Å². The summed E-state index contributed by atoms with van der Waals surface area (Å²) in [5.41, 5.74) is 2.96. The highest BCUT2D eigenvalue weighted by molar-refractivity contribution is 5.90. The molecule has 1 fully saturated rings. The van der Waals surface area contributed by atoms with E-state index in [1.807, 2.05) is 27.0 Å². The second kappa shape index (κ2) is 6.51. The van der Waals surface area contributed by atoms with E-state index < -0.39 is 6.04 Å². The number of aromatic nitrogens is 2. The number of nitrogens with one attached hydrogen (secondary N) is 1. The Bertz CT molecular complexity index is 748. The molecule has 3 heterocycles. The minimum Gasteiger partial charge on any atom is -0.467 e. The molecule has 1 atom stereocenters. The van der Waals surface area contributed by atoms with E-state index in [0.717, 1.165) is 17.0 Å². The van der Waals surface area contributed by atoms with Gasteiger partial charge >= 0.3 is 0 Å². The van der Waals surface area contributed by atoms with Gasteiger partial charge in [0.05, 0.1) is 18.5 Å². The Hall–Kier alpha value is -2.57. The third kappa shape index (κ3) is 3.06. The number of likely N-dealkylation sites (tertiary alicyclic amines) is 1. The molecule has 0 radical (unpaired) electrons. The summed E-state index contributed by atoms with van der Waals surface area (Å²) in [6.45, 7) is 4.65. The van der Waals surface area contributed by atoms with Crippen molar-refractivity contribution in [1.82, 2.24) is 20.0 Å². The first-order valence-corrected chi connectivity index (χ1v) is 8.06. The molecule has 2 amide bonds. The van der Waals surface area contributed by atoms with Crippen molar-refractivity contribution >= 4 is 11.8 Å². The van der Waals surface area contributed by atoms with Crippen LogP contribution in [0.25, 0.3) is 0 Å². The molecule has 2 aromatic rings. The number of hydrogen-bond donors (Lipinski definition) is 1. The van der Waals surface area contributed by atoms with Gasteiger partial charge in [-0.2, -0.15) is 5.10 Å². The van der Waals surface area contributed by atoms with E-state index in [2.05, 4.69) is 10.4 Å². The number of hydrogen-bond acceptors (Lipinski definition) is 4. The molecule has 0 bridgehead atoms. The fourth-order valence-corrected chi connectivity index (χ4v) is 3.14. The molecular formula is C17H22N4O3. The van der Waals surface area contributed by atoms with E-state index in [1.54, 1.807) is 21.9 Å². The summed E-state index contributed by atoms with van der Waals surface area (Å²) in [7, 11) is 1.88. The smallest absolute Gasteiger partial charge is 0.243 e. The first-order valence-electron chi connectivity index (χ1n) is 8.06. The Balaban J connectivity index is 1.66. The van der Waals surface area contributed by atoms with Gasteiger partial charge in [0.15, 0.2) is 0 Å². The minimum absolute atomic E-state index is 0.0136. The van der Waals surface area contributed by atoms with Gasteiger partial charge in [0.2, 0.25) is 11.8 Å². The van der Waals surface area contributed by atoms with Gasteiger partial charge in [-0.3, -0.25) is 14.3 Å². The van der Waals surface area contributed by atoms with Crippen molar-refractivity contribution in [3.63, 3.8) is 0 Å². The van der Waals surface area contributed by atoms with Crippen molar-refractivity contribution in [2.24, 2.45) is 7.05 Å². The number of aryl methyl sites for hydroxylation is 2. The molecule has 1 aliphatic heterocycles. The van der Waals surface area contributed by atoms with Crippen LogP contribution in [0.3, 0.4) is 0 Å². The highest BCUT2D eigenvalue weighted by atomic mass is 16.3. The lowest BCUT2D eigenvalue weighted by molar-refractivity contribution is -0.136. The summed E-state index contributed by atoms with van der Waals surface area (Å²) in [5.74, 6) is 0.539. The number of furan rings is 1. The predicted molar refractivity (Wildman–Crippen MR) is 86.8 cm³/mol. The Morgan fingerprint density at radius 2 is 2.25 bits per heavy atom. The van der Waals surface area contributed by atoms with Gasteiger partial charge in [-0.05, 0) is 32.4 Å². The van der Waals surface area contributed by atoms with Crippen molar-refractivity contribution in [3.05, 3.63) is 41.1 Å². The third-order valence-electron chi connectivity index (χ3n) is 4.64. The predicted octanol–water partition coefficient (Wildman–Crippen LogP) is 1.44. The van der Waals surface area contributed by atoms with Crippen LogP contribution in [0, 0.1) is 13.8 Å². The van der Waals surface area contributed by atoms with Gasteiger partial charge in [0, 0.05) is 31.3 Å². The molecule has 7 nitrogen and oxygen atoms in total. The van der Waals surface area contributed by atoms with Crippen molar-refractivity contribution in [2.75, 3.05) is 0 Å². The summed E-state index contributed by atoms with van der Waals surface area (Å²) in [6, 6.07) is 3.14. The molecule has 1 aliphatic rings. The lowest BCUT2D eigenvalue weighted by atomic mass is 10.1. The lowest BCUT2D eigenvalue weighted by Gasteiger charge is -2.23. The van der Waals surface area contributed by atoms with Crippen LogP contribution < -0.4 is 5.32 Å². The van der Waals surface area contributed by atoms with Crippen LogP contribution in [0.15, 0.2) is 22.8 Å². The van der Waals surface area contributed by atoms with Crippen molar-refractivity contribution < 1.29 is 14.0 Å². The summed E-state index contributed by atoms with van der Waals surface area (Å²) < 4.78 is 7.10. The van der Waals surface area contributed by atoms with Crippen LogP contribution in [0.5, 0.6) is 0 Å². The molecular weight excluding hydrogens is 308 g/mol. The molecule has 1 N–H and O–H groups in total. The zero-order chi connectivity index (χ0) is 17.3. The summed E-state index contributed by atoms with van der Waals surface area (Å²) in [4.78, 5) is 26.3. The highest BCUT2D eigenvalue weighted by Crippen LogP contribution is 2.22.